The van der Waals surface area contributed by atoms with Gasteiger partial charge in [0, 0.05) is 34.8 Å². The Kier molecular flexibility index (Phi) is 6.24. The monoisotopic (exact) mass is 434 g/mol. The van der Waals surface area contributed by atoms with Crippen molar-refractivity contribution in [3.63, 3.8) is 0 Å². The summed E-state index contributed by atoms with van der Waals surface area (Å²) in [5, 5.41) is 13.6. The molecule has 1 aliphatic rings. The fourth-order valence-electron chi connectivity index (χ4n) is 4.27. The van der Waals surface area contributed by atoms with Crippen molar-refractivity contribution in [2.45, 2.75) is 39.8 Å². The van der Waals surface area contributed by atoms with Gasteiger partial charge in [0.15, 0.2) is 5.76 Å². The van der Waals surface area contributed by atoms with Crippen LogP contribution >= 0.6 is 0 Å². The van der Waals surface area contributed by atoms with Crippen molar-refractivity contribution in [2.75, 3.05) is 20.7 Å². The number of quaternary nitrogens is 1. The molecule has 0 amide bonds. The number of nitrogens with one attached hydrogen (secondary N) is 1. The molecule has 2 heterocycles. The molecule has 1 N–H and O–H groups in total. The third kappa shape index (κ3) is 3.98. The Morgan fingerprint density at radius 1 is 1.22 bits per heavy atom. The Labute approximate surface area is 188 Å². The molecule has 168 valence electrons. The van der Waals surface area contributed by atoms with Crippen LogP contribution in [0, 0.1) is 0 Å². The number of benzene rings is 2. The molecule has 6 nitrogen and oxygen atoms in total. The van der Waals surface area contributed by atoms with Gasteiger partial charge >= 0.3 is 0 Å². The maximum atomic E-state index is 13.1. The number of fused-ring (bicyclic) bond motifs is 2. The maximum absolute atomic E-state index is 13.1. The summed E-state index contributed by atoms with van der Waals surface area (Å²) in [4.78, 5) is 14.4. The summed E-state index contributed by atoms with van der Waals surface area (Å²) in [6.07, 6.45) is 5.98. The van der Waals surface area contributed by atoms with Gasteiger partial charge in [0.25, 0.3) is 0 Å². The van der Waals surface area contributed by atoms with Crippen LogP contribution in [0.4, 0.5) is 0 Å². The van der Waals surface area contributed by atoms with Gasteiger partial charge in [0.05, 0.1) is 26.3 Å². The molecule has 6 heteroatoms. The lowest BCUT2D eigenvalue weighted by Crippen LogP contribution is -3.07. The van der Waals surface area contributed by atoms with Gasteiger partial charge in [-0.15, -0.1) is 0 Å². The molecule has 0 saturated heterocycles. The van der Waals surface area contributed by atoms with Crippen molar-refractivity contribution in [3.8, 4) is 17.2 Å². The molecule has 1 aliphatic heterocycles. The summed E-state index contributed by atoms with van der Waals surface area (Å²) in [5.41, 5.74) is 2.98. The number of allylic oxidation sites excluding steroid dienone is 1. The predicted molar refractivity (Wildman–Crippen MR) is 123 cm³/mol. The summed E-state index contributed by atoms with van der Waals surface area (Å²) in [6, 6.07) is 8.98. The largest absolute Gasteiger partial charge is 0.872 e. The minimum atomic E-state index is -0.187. The van der Waals surface area contributed by atoms with Gasteiger partial charge in [-0.25, -0.2) is 0 Å². The van der Waals surface area contributed by atoms with Gasteiger partial charge in [-0.3, -0.25) is 4.79 Å². The zero-order chi connectivity index (χ0) is 22.8. The second-order valence-electron chi connectivity index (χ2n) is 8.35. The highest BCUT2D eigenvalue weighted by molar-refractivity contribution is 6.15. The number of aryl methyl sites for hydroxylation is 1. The Hall–Kier alpha value is -3.25. The van der Waals surface area contributed by atoms with Crippen LogP contribution in [-0.4, -0.2) is 31.1 Å². The minimum absolute atomic E-state index is 0.0824. The number of ketones is 1. The highest BCUT2D eigenvalue weighted by Crippen LogP contribution is 2.39. The molecule has 0 radical (unpaired) electrons. The van der Waals surface area contributed by atoms with Gasteiger partial charge in [0.1, 0.15) is 18.0 Å². The standard InChI is InChI=1S/C26H30N2O4/c1-5-7-12-27(3)16-21-23(29)11-9-19-25(30)24(32-26(19)21)13-17-15-28(6-2)22-10-8-18(31-4)14-20(17)22/h8-11,13-15,29H,5-7,12,16H2,1-4H3/b24-13-. The summed E-state index contributed by atoms with van der Waals surface area (Å²) in [6.45, 7) is 6.53. The van der Waals surface area contributed by atoms with Crippen LogP contribution < -0.4 is 19.5 Å². The van der Waals surface area contributed by atoms with Crippen LogP contribution in [0.15, 0.2) is 42.3 Å². The average molecular weight is 435 g/mol. The average Bonchev–Trinajstić information content (AvgIpc) is 3.31. The second kappa shape index (κ2) is 9.09. The van der Waals surface area contributed by atoms with Gasteiger partial charge in [-0.2, -0.15) is 0 Å². The first-order valence-corrected chi connectivity index (χ1v) is 11.2. The van der Waals surface area contributed by atoms with E-state index in [2.05, 4.69) is 25.5 Å². The van der Waals surface area contributed by atoms with Crippen LogP contribution in [0.5, 0.6) is 17.2 Å². The highest BCUT2D eigenvalue weighted by Gasteiger charge is 2.31. The fourth-order valence-corrected chi connectivity index (χ4v) is 4.27. The Bertz CT molecular complexity index is 1190. The SMILES string of the molecule is CCCC[NH+](C)Cc1c([O-])ccc2c1O/C(=C\c1cn(CC)c3ccc(OC)cc13)C2=O. The van der Waals surface area contributed by atoms with Crippen LogP contribution in [0.2, 0.25) is 0 Å². The molecule has 0 spiro atoms. The topological polar surface area (TPSA) is 68.0 Å². The summed E-state index contributed by atoms with van der Waals surface area (Å²) in [7, 11) is 3.70. The molecule has 1 atom stereocenters. The van der Waals surface area contributed by atoms with Gasteiger partial charge in [-0.1, -0.05) is 25.2 Å². The number of Topliss-reactive ketones (excluding diaryl/α,β-unsaturated/α-hetero) is 1. The quantitative estimate of drug-likeness (QED) is 0.553. The van der Waals surface area contributed by atoms with Crippen molar-refractivity contribution in [2.24, 2.45) is 0 Å². The number of hydrogen-bond acceptors (Lipinski definition) is 4. The zero-order valence-corrected chi connectivity index (χ0v) is 19.2. The van der Waals surface area contributed by atoms with E-state index < -0.39 is 0 Å². The molecular formula is C26H30N2O4. The van der Waals surface area contributed by atoms with E-state index in [4.69, 9.17) is 9.47 Å². The Morgan fingerprint density at radius 2 is 2.03 bits per heavy atom. The fraction of sp³-hybridized carbons (Fsp3) is 0.346. The van der Waals surface area contributed by atoms with Crippen molar-refractivity contribution >= 4 is 22.8 Å². The van der Waals surface area contributed by atoms with Crippen LogP contribution in [0.1, 0.15) is 48.2 Å². The van der Waals surface area contributed by atoms with Crippen LogP contribution in [0.3, 0.4) is 0 Å². The van der Waals surface area contributed by atoms with Crippen LogP contribution in [0.25, 0.3) is 17.0 Å². The number of ether oxygens (including phenoxy) is 2. The van der Waals surface area contributed by atoms with E-state index in [1.54, 1.807) is 19.3 Å². The molecule has 2 aromatic carbocycles. The second-order valence-corrected chi connectivity index (χ2v) is 8.35. The highest BCUT2D eigenvalue weighted by atomic mass is 16.5. The smallest absolute Gasteiger partial charge is 0.231 e. The lowest BCUT2D eigenvalue weighted by atomic mass is 10.0. The number of carbonyl (C=O) groups excluding carboxylic acids is 1. The number of rotatable bonds is 8. The molecule has 32 heavy (non-hydrogen) atoms. The zero-order valence-electron chi connectivity index (χ0n) is 19.2. The number of hydrogen-bond donors (Lipinski definition) is 1. The Balaban J connectivity index is 1.72. The predicted octanol–water partition coefficient (Wildman–Crippen LogP) is 3.17. The maximum Gasteiger partial charge on any atom is 0.231 e. The molecule has 0 saturated carbocycles. The summed E-state index contributed by atoms with van der Waals surface area (Å²) < 4.78 is 13.6. The number of unbranched alkanes of at least 4 members (excludes halogenated alkanes) is 1. The van der Waals surface area contributed by atoms with E-state index in [-0.39, 0.29) is 17.3 Å². The van der Waals surface area contributed by atoms with E-state index in [0.29, 0.717) is 23.4 Å². The number of methoxy groups -OCH3 is 1. The first-order chi connectivity index (χ1) is 15.5. The van der Waals surface area contributed by atoms with Crippen molar-refractivity contribution in [1.82, 2.24) is 4.57 Å². The number of carbonyl (C=O) groups is 1. The first-order valence-electron chi connectivity index (χ1n) is 11.2. The van der Waals surface area contributed by atoms with Crippen molar-refractivity contribution < 1.29 is 24.3 Å². The molecule has 1 unspecified atom stereocenters. The minimum Gasteiger partial charge on any atom is -0.872 e. The first kappa shape index (κ1) is 22.0. The van der Waals surface area contributed by atoms with E-state index in [1.807, 2.05) is 24.4 Å². The van der Waals surface area contributed by atoms with E-state index in [1.165, 1.54) is 11.0 Å². The summed E-state index contributed by atoms with van der Waals surface area (Å²) >= 11 is 0. The van der Waals surface area contributed by atoms with Gasteiger partial charge in [-0.05, 0) is 43.7 Å². The molecule has 3 aromatic rings. The van der Waals surface area contributed by atoms with E-state index >= 15 is 0 Å². The number of aromatic nitrogens is 1. The van der Waals surface area contributed by atoms with Gasteiger partial charge < -0.3 is 24.0 Å². The van der Waals surface area contributed by atoms with Crippen LogP contribution in [-0.2, 0) is 13.1 Å². The Morgan fingerprint density at radius 3 is 2.75 bits per heavy atom. The molecule has 0 fully saturated rings. The van der Waals surface area contributed by atoms with E-state index in [0.717, 1.165) is 48.1 Å². The third-order valence-electron chi connectivity index (χ3n) is 6.08. The van der Waals surface area contributed by atoms with Crippen molar-refractivity contribution in [1.29, 1.82) is 0 Å². The third-order valence-corrected chi connectivity index (χ3v) is 6.08. The lowest BCUT2D eigenvalue weighted by molar-refractivity contribution is -0.894. The normalized spacial score (nSPS) is 15.2. The molecule has 0 aliphatic carbocycles. The number of nitrogens with zero attached hydrogens (tertiary/aromatic N) is 1. The molecule has 4 rings (SSSR count). The molecular weight excluding hydrogens is 404 g/mol. The molecule has 0 bridgehead atoms. The van der Waals surface area contributed by atoms with Gasteiger partial charge in [0.2, 0.25) is 5.78 Å². The van der Waals surface area contributed by atoms with E-state index in [9.17, 15) is 9.90 Å². The summed E-state index contributed by atoms with van der Waals surface area (Å²) in [5.74, 6) is 1.15. The lowest BCUT2D eigenvalue weighted by Gasteiger charge is -2.20. The molecule has 1 aromatic heterocycles. The van der Waals surface area contributed by atoms with Crippen molar-refractivity contribution in [3.05, 3.63) is 59.0 Å².